The molecule has 2 aromatic rings. The zero-order valence-corrected chi connectivity index (χ0v) is 9.55. The minimum atomic E-state index is -0.156. The molecule has 0 bridgehead atoms. The van der Waals surface area contributed by atoms with Crippen LogP contribution in [0.2, 0.25) is 5.02 Å². The van der Waals surface area contributed by atoms with E-state index in [9.17, 15) is 4.79 Å². The largest absolute Gasteiger partial charge is 0.278 e. The van der Waals surface area contributed by atoms with Crippen LogP contribution in [-0.2, 0) is 5.88 Å². The van der Waals surface area contributed by atoms with E-state index in [2.05, 4.69) is 10.3 Å². The third-order valence-electron chi connectivity index (χ3n) is 1.94. The fourth-order valence-electron chi connectivity index (χ4n) is 1.26. The molecular formula is C9H8ClN3OS. The van der Waals surface area contributed by atoms with Crippen molar-refractivity contribution in [3.8, 4) is 0 Å². The highest BCUT2D eigenvalue weighted by molar-refractivity contribution is 7.97. The Morgan fingerprint density at radius 1 is 1.53 bits per heavy atom. The summed E-state index contributed by atoms with van der Waals surface area (Å²) in [5, 5.41) is 8.80. The highest BCUT2D eigenvalue weighted by atomic mass is 35.5. The van der Waals surface area contributed by atoms with E-state index in [1.165, 1.54) is 16.4 Å². The maximum atomic E-state index is 11.9. The van der Waals surface area contributed by atoms with E-state index < -0.39 is 0 Å². The first-order valence-corrected chi connectivity index (χ1v) is 6.01. The minimum absolute atomic E-state index is 0.156. The quantitative estimate of drug-likeness (QED) is 0.804. The summed E-state index contributed by atoms with van der Waals surface area (Å²) in [6.07, 6.45) is 1.90. The van der Waals surface area contributed by atoms with Crippen molar-refractivity contribution in [1.82, 2.24) is 15.0 Å². The Kier molecular flexibility index (Phi) is 2.93. The molecule has 0 aliphatic carbocycles. The molecule has 6 heteroatoms. The average molecular weight is 242 g/mol. The SMILES string of the molecule is CSCn1nnc2ccc(Cl)cc2c1=O. The molecule has 0 unspecified atom stereocenters. The maximum absolute atomic E-state index is 11.9. The van der Waals surface area contributed by atoms with E-state index in [1.54, 1.807) is 18.2 Å². The molecule has 78 valence electrons. The number of halogens is 1. The van der Waals surface area contributed by atoms with Crippen LogP contribution in [0, 0.1) is 0 Å². The molecule has 4 nitrogen and oxygen atoms in total. The van der Waals surface area contributed by atoms with Gasteiger partial charge in [0, 0.05) is 5.02 Å². The first-order chi connectivity index (χ1) is 7.22. The van der Waals surface area contributed by atoms with Gasteiger partial charge < -0.3 is 0 Å². The Bertz CT molecular complexity index is 555. The summed E-state index contributed by atoms with van der Waals surface area (Å²) < 4.78 is 1.32. The van der Waals surface area contributed by atoms with Gasteiger partial charge in [0.25, 0.3) is 5.56 Å². The fraction of sp³-hybridized carbons (Fsp3) is 0.222. The first-order valence-electron chi connectivity index (χ1n) is 4.24. The van der Waals surface area contributed by atoms with Crippen molar-refractivity contribution in [3.05, 3.63) is 33.6 Å². The van der Waals surface area contributed by atoms with Gasteiger partial charge in [0.1, 0.15) is 5.52 Å². The smallest absolute Gasteiger partial charge is 0.267 e. The minimum Gasteiger partial charge on any atom is -0.267 e. The zero-order chi connectivity index (χ0) is 10.8. The first kappa shape index (κ1) is 10.4. The van der Waals surface area contributed by atoms with Crippen LogP contribution in [0.5, 0.6) is 0 Å². The molecule has 2 rings (SSSR count). The second kappa shape index (κ2) is 4.20. The number of fused-ring (bicyclic) bond motifs is 1. The van der Waals surface area contributed by atoms with Gasteiger partial charge in [0.2, 0.25) is 0 Å². The van der Waals surface area contributed by atoms with Crippen molar-refractivity contribution in [2.75, 3.05) is 6.26 Å². The standard InChI is InChI=1S/C9H8ClN3OS/c1-15-5-13-9(14)7-4-6(10)2-3-8(7)11-12-13/h2-4H,5H2,1H3. The molecule has 1 aromatic carbocycles. The van der Waals surface area contributed by atoms with E-state index in [0.29, 0.717) is 21.8 Å². The molecule has 0 aliphatic heterocycles. The number of benzene rings is 1. The monoisotopic (exact) mass is 241 g/mol. The van der Waals surface area contributed by atoms with Crippen molar-refractivity contribution >= 4 is 34.3 Å². The van der Waals surface area contributed by atoms with Crippen LogP contribution < -0.4 is 5.56 Å². The molecule has 0 saturated carbocycles. The van der Waals surface area contributed by atoms with Crippen LogP contribution in [0.3, 0.4) is 0 Å². The lowest BCUT2D eigenvalue weighted by Gasteiger charge is -2.02. The lowest BCUT2D eigenvalue weighted by Crippen LogP contribution is -2.23. The van der Waals surface area contributed by atoms with Gasteiger partial charge in [-0.25, -0.2) is 4.68 Å². The van der Waals surface area contributed by atoms with Crippen LogP contribution in [0.25, 0.3) is 10.9 Å². The van der Waals surface area contributed by atoms with Gasteiger partial charge in [-0.15, -0.1) is 16.9 Å². The number of rotatable bonds is 2. The summed E-state index contributed by atoms with van der Waals surface area (Å²) >= 11 is 7.33. The topological polar surface area (TPSA) is 47.8 Å². The third-order valence-corrected chi connectivity index (χ3v) is 2.67. The molecule has 1 heterocycles. The Balaban J connectivity index is 2.71. The molecule has 15 heavy (non-hydrogen) atoms. The number of thioether (sulfide) groups is 1. The highest BCUT2D eigenvalue weighted by Gasteiger charge is 2.05. The zero-order valence-electron chi connectivity index (χ0n) is 7.98. The summed E-state index contributed by atoms with van der Waals surface area (Å²) in [6, 6.07) is 5.00. The lowest BCUT2D eigenvalue weighted by molar-refractivity contribution is 0.646. The van der Waals surface area contributed by atoms with Gasteiger partial charge in [-0.05, 0) is 24.5 Å². The van der Waals surface area contributed by atoms with Gasteiger partial charge in [-0.1, -0.05) is 16.8 Å². The summed E-state index contributed by atoms with van der Waals surface area (Å²) in [6.45, 7) is 0. The van der Waals surface area contributed by atoms with E-state index in [-0.39, 0.29) is 5.56 Å². The number of hydrogen-bond acceptors (Lipinski definition) is 4. The van der Waals surface area contributed by atoms with Crippen LogP contribution in [-0.4, -0.2) is 21.2 Å². The Morgan fingerprint density at radius 3 is 3.07 bits per heavy atom. The van der Waals surface area contributed by atoms with Gasteiger partial charge >= 0.3 is 0 Å². The Hall–Kier alpha value is -1.07. The summed E-state index contributed by atoms with van der Waals surface area (Å²) in [7, 11) is 0. The van der Waals surface area contributed by atoms with Gasteiger partial charge in [0.15, 0.2) is 0 Å². The van der Waals surface area contributed by atoms with Crippen LogP contribution in [0.1, 0.15) is 0 Å². The maximum Gasteiger partial charge on any atom is 0.278 e. The summed E-state index contributed by atoms with van der Waals surface area (Å²) in [5.74, 6) is 0.494. The fourth-order valence-corrected chi connectivity index (χ4v) is 1.84. The van der Waals surface area contributed by atoms with Crippen molar-refractivity contribution in [3.63, 3.8) is 0 Å². The number of aromatic nitrogens is 3. The number of hydrogen-bond donors (Lipinski definition) is 0. The molecular weight excluding hydrogens is 234 g/mol. The second-order valence-corrected chi connectivity index (χ2v) is 4.25. The highest BCUT2D eigenvalue weighted by Crippen LogP contribution is 2.13. The number of nitrogens with zero attached hydrogens (tertiary/aromatic N) is 3. The summed E-state index contributed by atoms with van der Waals surface area (Å²) in [5.41, 5.74) is 0.415. The van der Waals surface area contributed by atoms with Crippen molar-refractivity contribution < 1.29 is 0 Å². The van der Waals surface area contributed by atoms with E-state index >= 15 is 0 Å². The van der Waals surface area contributed by atoms with Gasteiger partial charge in [0.05, 0.1) is 11.3 Å². The van der Waals surface area contributed by atoms with Crippen molar-refractivity contribution in [2.45, 2.75) is 5.88 Å². The summed E-state index contributed by atoms with van der Waals surface area (Å²) in [4.78, 5) is 11.9. The Morgan fingerprint density at radius 2 is 2.33 bits per heavy atom. The van der Waals surface area contributed by atoms with E-state index in [4.69, 9.17) is 11.6 Å². The van der Waals surface area contributed by atoms with Crippen LogP contribution >= 0.6 is 23.4 Å². The van der Waals surface area contributed by atoms with E-state index in [0.717, 1.165) is 0 Å². The van der Waals surface area contributed by atoms with Gasteiger partial charge in [-0.3, -0.25) is 4.79 Å². The van der Waals surface area contributed by atoms with Crippen LogP contribution in [0.4, 0.5) is 0 Å². The van der Waals surface area contributed by atoms with Gasteiger partial charge in [-0.2, -0.15) is 0 Å². The molecule has 0 fully saturated rings. The molecule has 0 N–H and O–H groups in total. The molecule has 0 amide bonds. The molecule has 0 atom stereocenters. The second-order valence-electron chi connectivity index (χ2n) is 2.97. The van der Waals surface area contributed by atoms with Crippen molar-refractivity contribution in [1.29, 1.82) is 0 Å². The third kappa shape index (κ3) is 1.98. The molecule has 0 radical (unpaired) electrons. The average Bonchev–Trinajstić information content (AvgIpc) is 2.23. The normalized spacial score (nSPS) is 10.8. The van der Waals surface area contributed by atoms with E-state index in [1.807, 2.05) is 6.26 Å². The predicted octanol–water partition coefficient (Wildman–Crippen LogP) is 1.77. The molecule has 0 spiro atoms. The van der Waals surface area contributed by atoms with Crippen LogP contribution in [0.15, 0.2) is 23.0 Å². The van der Waals surface area contributed by atoms with Crippen molar-refractivity contribution in [2.24, 2.45) is 0 Å². The molecule has 1 aromatic heterocycles. The molecule has 0 aliphatic rings. The lowest BCUT2D eigenvalue weighted by atomic mass is 10.2. The molecule has 0 saturated heterocycles. The Labute approximate surface area is 95.2 Å². The predicted molar refractivity (Wildman–Crippen MR) is 62.3 cm³/mol.